The first kappa shape index (κ1) is 22.1. The van der Waals surface area contributed by atoms with E-state index >= 15 is 0 Å². The first-order chi connectivity index (χ1) is 16.6. The molecule has 5 rings (SSSR count). The zero-order valence-corrected chi connectivity index (χ0v) is 18.7. The van der Waals surface area contributed by atoms with E-state index in [1.54, 1.807) is 12.1 Å². The van der Waals surface area contributed by atoms with Crippen LogP contribution in [0.4, 0.5) is 0 Å². The molecule has 0 amide bonds. The van der Waals surface area contributed by atoms with Crippen LogP contribution in [0.15, 0.2) is 84.9 Å². The number of carboxylic acid groups (broad SMARTS) is 1. The largest absolute Gasteiger partial charge is 0.489 e. The number of aliphatic hydroxyl groups excluding tert-OH is 1. The van der Waals surface area contributed by atoms with E-state index in [2.05, 4.69) is 6.07 Å². The van der Waals surface area contributed by atoms with Gasteiger partial charge in [-0.1, -0.05) is 54.6 Å². The monoisotopic (exact) mass is 454 g/mol. The predicted octanol–water partition coefficient (Wildman–Crippen LogP) is 6.00. The van der Waals surface area contributed by atoms with E-state index in [1.165, 1.54) is 0 Å². The number of carbonyl (C=O) groups is 1. The lowest BCUT2D eigenvalue weighted by Gasteiger charge is -2.27. The van der Waals surface area contributed by atoms with Gasteiger partial charge in [0.25, 0.3) is 0 Å². The summed E-state index contributed by atoms with van der Waals surface area (Å²) in [5.41, 5.74) is 4.13. The normalized spacial score (nSPS) is 18.0. The second kappa shape index (κ2) is 9.67. The molecule has 2 unspecified atom stereocenters. The van der Waals surface area contributed by atoms with Crippen molar-refractivity contribution in [3.8, 4) is 16.9 Å². The number of benzene rings is 4. The van der Waals surface area contributed by atoms with Crippen molar-refractivity contribution in [3.05, 3.63) is 102 Å². The Balaban J connectivity index is 1.40. The Morgan fingerprint density at radius 1 is 0.971 bits per heavy atom. The molecule has 172 valence electrons. The van der Waals surface area contributed by atoms with E-state index in [9.17, 15) is 15.0 Å². The molecule has 5 nitrogen and oxygen atoms in total. The fourth-order valence-corrected chi connectivity index (χ4v) is 4.48. The van der Waals surface area contributed by atoms with Crippen LogP contribution in [0.5, 0.6) is 5.75 Å². The van der Waals surface area contributed by atoms with Crippen molar-refractivity contribution in [2.75, 3.05) is 6.61 Å². The average Bonchev–Trinajstić information content (AvgIpc) is 2.87. The third kappa shape index (κ3) is 4.81. The van der Waals surface area contributed by atoms with Gasteiger partial charge in [-0.05, 0) is 69.8 Å². The van der Waals surface area contributed by atoms with Crippen molar-refractivity contribution in [1.29, 1.82) is 0 Å². The molecule has 4 aromatic carbocycles. The lowest BCUT2D eigenvalue weighted by molar-refractivity contribution is -0.0448. The van der Waals surface area contributed by atoms with Crippen molar-refractivity contribution in [3.63, 3.8) is 0 Å². The number of aromatic carboxylic acids is 1. The van der Waals surface area contributed by atoms with Crippen LogP contribution in [0.25, 0.3) is 21.9 Å². The molecule has 1 aliphatic rings. The van der Waals surface area contributed by atoms with E-state index in [1.807, 2.05) is 66.7 Å². The Bertz CT molecular complexity index is 1310. The summed E-state index contributed by atoms with van der Waals surface area (Å²) in [4.78, 5) is 11.7. The predicted molar refractivity (Wildman–Crippen MR) is 131 cm³/mol. The number of carboxylic acids is 1. The van der Waals surface area contributed by atoms with Gasteiger partial charge in [0.2, 0.25) is 0 Å². The lowest BCUT2D eigenvalue weighted by Crippen LogP contribution is -2.23. The summed E-state index contributed by atoms with van der Waals surface area (Å²) in [5, 5.41) is 21.4. The molecule has 1 fully saturated rings. The Labute approximate surface area is 198 Å². The van der Waals surface area contributed by atoms with Gasteiger partial charge in [-0.2, -0.15) is 0 Å². The highest BCUT2D eigenvalue weighted by molar-refractivity contribution is 6.03. The van der Waals surface area contributed by atoms with Gasteiger partial charge in [-0.3, -0.25) is 0 Å². The van der Waals surface area contributed by atoms with Gasteiger partial charge < -0.3 is 19.7 Å². The van der Waals surface area contributed by atoms with Gasteiger partial charge in [0.1, 0.15) is 12.4 Å². The number of hydrogen-bond acceptors (Lipinski definition) is 4. The Hall–Kier alpha value is -3.67. The maximum atomic E-state index is 11.7. The highest BCUT2D eigenvalue weighted by Gasteiger charge is 2.22. The van der Waals surface area contributed by atoms with E-state index < -0.39 is 5.97 Å². The third-order valence-electron chi connectivity index (χ3n) is 6.24. The summed E-state index contributed by atoms with van der Waals surface area (Å²) in [6.45, 7) is 0.936. The summed E-state index contributed by atoms with van der Waals surface area (Å²) in [6, 6.07) is 27.0. The lowest BCUT2D eigenvalue weighted by atomic mass is 9.95. The first-order valence-electron chi connectivity index (χ1n) is 11.4. The van der Waals surface area contributed by atoms with Crippen molar-refractivity contribution < 1.29 is 24.5 Å². The molecule has 4 aromatic rings. The summed E-state index contributed by atoms with van der Waals surface area (Å²) in [7, 11) is 0. The van der Waals surface area contributed by atoms with Crippen LogP contribution in [0, 0.1) is 0 Å². The quantitative estimate of drug-likeness (QED) is 0.374. The minimum atomic E-state index is -0.961. The SMILES string of the molecule is O=C(O)c1cc(-c2ccccc2)c2ccc(OCc3cccc(C4CC(O)CCO4)c3)cc2c1. The Morgan fingerprint density at radius 2 is 1.82 bits per heavy atom. The van der Waals surface area contributed by atoms with E-state index in [-0.39, 0.29) is 17.8 Å². The zero-order chi connectivity index (χ0) is 23.5. The van der Waals surface area contributed by atoms with Crippen LogP contribution in [-0.4, -0.2) is 28.9 Å². The van der Waals surface area contributed by atoms with Crippen LogP contribution < -0.4 is 4.74 Å². The van der Waals surface area contributed by atoms with Crippen molar-refractivity contribution in [2.24, 2.45) is 0 Å². The maximum absolute atomic E-state index is 11.7. The van der Waals surface area contributed by atoms with Gasteiger partial charge in [0.15, 0.2) is 0 Å². The molecule has 0 bridgehead atoms. The summed E-state index contributed by atoms with van der Waals surface area (Å²) in [6.07, 6.45) is 0.851. The molecule has 0 radical (unpaired) electrons. The molecule has 0 spiro atoms. The molecular weight excluding hydrogens is 428 g/mol. The molecule has 1 aliphatic heterocycles. The first-order valence-corrected chi connectivity index (χ1v) is 11.4. The van der Waals surface area contributed by atoms with Crippen molar-refractivity contribution in [2.45, 2.75) is 31.7 Å². The molecule has 2 N–H and O–H groups in total. The summed E-state index contributed by atoms with van der Waals surface area (Å²) in [5.74, 6) is -0.291. The van der Waals surface area contributed by atoms with Gasteiger partial charge in [-0.25, -0.2) is 4.79 Å². The van der Waals surface area contributed by atoms with Crippen LogP contribution in [-0.2, 0) is 11.3 Å². The highest BCUT2D eigenvalue weighted by atomic mass is 16.5. The van der Waals surface area contributed by atoms with Crippen LogP contribution >= 0.6 is 0 Å². The number of ether oxygens (including phenoxy) is 2. The van der Waals surface area contributed by atoms with Gasteiger partial charge in [0, 0.05) is 13.0 Å². The fraction of sp³-hybridized carbons (Fsp3) is 0.207. The zero-order valence-electron chi connectivity index (χ0n) is 18.7. The molecule has 5 heteroatoms. The second-order valence-electron chi connectivity index (χ2n) is 8.65. The summed E-state index contributed by atoms with van der Waals surface area (Å²) >= 11 is 0. The second-order valence-corrected chi connectivity index (χ2v) is 8.65. The highest BCUT2D eigenvalue weighted by Crippen LogP contribution is 2.33. The molecule has 2 atom stereocenters. The molecule has 34 heavy (non-hydrogen) atoms. The van der Waals surface area contributed by atoms with E-state index in [4.69, 9.17) is 9.47 Å². The molecular formula is C29H26O5. The molecule has 1 saturated heterocycles. The third-order valence-corrected chi connectivity index (χ3v) is 6.24. The molecule has 0 aliphatic carbocycles. The molecule has 0 aromatic heterocycles. The summed E-state index contributed by atoms with van der Waals surface area (Å²) < 4.78 is 11.9. The Kier molecular flexibility index (Phi) is 6.30. The Morgan fingerprint density at radius 3 is 2.62 bits per heavy atom. The minimum Gasteiger partial charge on any atom is -0.489 e. The van der Waals surface area contributed by atoms with Gasteiger partial charge in [0.05, 0.1) is 17.8 Å². The number of fused-ring (bicyclic) bond motifs is 1. The number of hydrogen-bond donors (Lipinski definition) is 2. The van der Waals surface area contributed by atoms with Crippen LogP contribution in [0.2, 0.25) is 0 Å². The van der Waals surface area contributed by atoms with E-state index in [0.29, 0.717) is 31.8 Å². The number of aliphatic hydroxyl groups is 1. The van der Waals surface area contributed by atoms with Gasteiger partial charge in [-0.15, -0.1) is 0 Å². The topological polar surface area (TPSA) is 76.0 Å². The number of rotatable bonds is 6. The van der Waals surface area contributed by atoms with Crippen LogP contribution in [0.1, 0.15) is 40.4 Å². The fourth-order valence-electron chi connectivity index (χ4n) is 4.48. The van der Waals surface area contributed by atoms with Crippen molar-refractivity contribution in [1.82, 2.24) is 0 Å². The van der Waals surface area contributed by atoms with Crippen LogP contribution in [0.3, 0.4) is 0 Å². The molecule has 0 saturated carbocycles. The average molecular weight is 455 g/mol. The maximum Gasteiger partial charge on any atom is 0.335 e. The smallest absolute Gasteiger partial charge is 0.335 e. The van der Waals surface area contributed by atoms with Gasteiger partial charge >= 0.3 is 5.97 Å². The molecule has 1 heterocycles. The standard InChI is InChI=1S/C29H26O5/c30-24-11-12-33-28(17-24)21-8-4-5-19(13-21)18-34-25-9-10-26-22(15-25)14-23(29(31)32)16-27(26)20-6-2-1-3-7-20/h1-10,13-16,24,28,30H,11-12,17-18H2,(H,31,32). The minimum absolute atomic E-state index is 0.102. The van der Waals surface area contributed by atoms with Crippen molar-refractivity contribution >= 4 is 16.7 Å². The van der Waals surface area contributed by atoms with E-state index in [0.717, 1.165) is 33.0 Å².